The van der Waals surface area contributed by atoms with Gasteiger partial charge in [0.15, 0.2) is 0 Å². The first-order chi connectivity index (χ1) is 15.5. The molecule has 3 N–H and O–H groups in total. The van der Waals surface area contributed by atoms with Gasteiger partial charge in [0.05, 0.1) is 12.6 Å². The molecule has 0 spiro atoms. The summed E-state index contributed by atoms with van der Waals surface area (Å²) < 4.78 is 5.96. The van der Waals surface area contributed by atoms with E-state index in [4.69, 9.17) is 4.74 Å². The van der Waals surface area contributed by atoms with Crippen molar-refractivity contribution >= 4 is 5.91 Å². The Labute approximate surface area is 187 Å². The average molecular weight is 436 g/mol. The van der Waals surface area contributed by atoms with E-state index in [1.54, 1.807) is 23.1 Å². The number of carbonyl (C=O) groups is 1. The van der Waals surface area contributed by atoms with Gasteiger partial charge in [-0.25, -0.2) is 0 Å². The van der Waals surface area contributed by atoms with E-state index >= 15 is 0 Å². The lowest BCUT2D eigenvalue weighted by atomic mass is 9.95. The number of nitrogens with one attached hydrogen (secondary N) is 1. The van der Waals surface area contributed by atoms with Gasteiger partial charge in [0.25, 0.3) is 5.91 Å². The number of hydrogen-bond acceptors (Lipinski definition) is 5. The molecule has 0 aliphatic carbocycles. The number of amides is 1. The van der Waals surface area contributed by atoms with E-state index in [0.29, 0.717) is 42.4 Å². The van der Waals surface area contributed by atoms with Gasteiger partial charge >= 0.3 is 0 Å². The molecule has 1 amide bonds. The molecule has 0 bridgehead atoms. The molecule has 2 aromatic carbocycles. The molecule has 3 aromatic rings. The first-order valence-electron chi connectivity index (χ1n) is 11.0. The molecule has 1 aromatic heterocycles. The van der Waals surface area contributed by atoms with Crippen LogP contribution in [0.3, 0.4) is 0 Å². The molecule has 168 valence electrons. The Bertz CT molecular complexity index is 1090. The van der Waals surface area contributed by atoms with Crippen molar-refractivity contribution in [3.8, 4) is 22.8 Å². The average Bonchev–Trinajstić information content (AvgIpc) is 3.31. The normalized spacial score (nSPS) is 15.4. The first kappa shape index (κ1) is 21.9. The monoisotopic (exact) mass is 435 g/mol. The lowest BCUT2D eigenvalue weighted by molar-refractivity contribution is 0.0732. The molecular formula is C25H29N3O4. The van der Waals surface area contributed by atoms with Crippen LogP contribution in [-0.2, 0) is 0 Å². The van der Waals surface area contributed by atoms with Crippen molar-refractivity contribution in [3.63, 3.8) is 0 Å². The smallest absolute Gasteiger partial charge is 0.273 e. The number of para-hydroxylation sites is 1. The second kappa shape index (κ2) is 9.44. The maximum atomic E-state index is 13.2. The minimum atomic E-state index is -0.397. The largest absolute Gasteiger partial charge is 0.507 e. The summed E-state index contributed by atoms with van der Waals surface area (Å²) in [6.07, 6.45) is 1.43. The molecule has 1 unspecified atom stereocenters. The van der Waals surface area contributed by atoms with E-state index in [1.807, 2.05) is 30.3 Å². The van der Waals surface area contributed by atoms with E-state index < -0.39 is 6.04 Å². The molecule has 1 aliphatic rings. The quantitative estimate of drug-likeness (QED) is 0.469. The van der Waals surface area contributed by atoms with Crippen LogP contribution in [0, 0.1) is 5.92 Å². The number of phenols is 1. The van der Waals surface area contributed by atoms with Crippen LogP contribution in [0.2, 0.25) is 0 Å². The van der Waals surface area contributed by atoms with Crippen molar-refractivity contribution in [2.24, 2.45) is 5.92 Å². The summed E-state index contributed by atoms with van der Waals surface area (Å²) in [5.74, 6) is 1.24. The van der Waals surface area contributed by atoms with Crippen molar-refractivity contribution in [1.29, 1.82) is 0 Å². The third kappa shape index (κ3) is 4.21. The number of nitrogens with zero attached hydrogens (tertiary/aromatic N) is 2. The van der Waals surface area contributed by atoms with Crippen LogP contribution in [0.5, 0.6) is 11.5 Å². The Kier molecular flexibility index (Phi) is 6.46. The Hall–Kier alpha value is -3.32. The van der Waals surface area contributed by atoms with Gasteiger partial charge in [-0.1, -0.05) is 38.1 Å². The standard InChI is InChI=1S/C25H29N3O4/c1-16(2)11-14-32-18-8-5-7-17(15-18)24-21-22(19-9-3-4-10-20(19)30)26-27-23(21)25(31)28(24)12-6-13-29/h3-5,7-10,15-16,24,29-30H,6,11-14H2,1-2H3,(H,26,27). The van der Waals surface area contributed by atoms with Crippen LogP contribution in [0.25, 0.3) is 11.3 Å². The Morgan fingerprint density at radius 1 is 1.19 bits per heavy atom. The number of carbonyl (C=O) groups excluding carboxylic acids is 1. The number of aliphatic hydroxyl groups is 1. The van der Waals surface area contributed by atoms with Crippen LogP contribution in [0.1, 0.15) is 54.3 Å². The second-order valence-corrected chi connectivity index (χ2v) is 8.46. The first-order valence-corrected chi connectivity index (χ1v) is 11.0. The van der Waals surface area contributed by atoms with Crippen molar-refractivity contribution < 1.29 is 19.7 Å². The molecule has 4 rings (SSSR count). The highest BCUT2D eigenvalue weighted by Gasteiger charge is 2.42. The van der Waals surface area contributed by atoms with Crippen LogP contribution >= 0.6 is 0 Å². The highest BCUT2D eigenvalue weighted by Crippen LogP contribution is 2.44. The predicted molar refractivity (Wildman–Crippen MR) is 122 cm³/mol. The SMILES string of the molecule is CC(C)CCOc1cccc(C2c3c(-c4ccccc4O)n[nH]c3C(=O)N2CCCO)c1. The number of phenolic OH excluding ortho intramolecular Hbond substituents is 1. The van der Waals surface area contributed by atoms with Gasteiger partial charge in [-0.3, -0.25) is 9.89 Å². The minimum absolute atomic E-state index is 0.00658. The van der Waals surface area contributed by atoms with E-state index in [1.165, 1.54) is 0 Å². The van der Waals surface area contributed by atoms with Crippen molar-refractivity contribution in [1.82, 2.24) is 15.1 Å². The number of hydrogen-bond donors (Lipinski definition) is 3. The molecule has 0 fully saturated rings. The second-order valence-electron chi connectivity index (χ2n) is 8.46. The van der Waals surface area contributed by atoms with Crippen molar-refractivity contribution in [2.75, 3.05) is 19.8 Å². The van der Waals surface area contributed by atoms with Crippen LogP contribution < -0.4 is 4.74 Å². The number of benzene rings is 2. The van der Waals surface area contributed by atoms with Crippen LogP contribution in [0.4, 0.5) is 0 Å². The lowest BCUT2D eigenvalue weighted by Crippen LogP contribution is -2.31. The fraction of sp³-hybridized carbons (Fsp3) is 0.360. The number of aromatic hydroxyl groups is 1. The minimum Gasteiger partial charge on any atom is -0.507 e. The molecule has 7 heteroatoms. The molecule has 2 heterocycles. The fourth-order valence-electron chi connectivity index (χ4n) is 4.08. The summed E-state index contributed by atoms with van der Waals surface area (Å²) >= 11 is 0. The van der Waals surface area contributed by atoms with Gasteiger partial charge < -0.3 is 19.8 Å². The predicted octanol–water partition coefficient (Wildman–Crippen LogP) is 4.13. The zero-order valence-corrected chi connectivity index (χ0v) is 18.4. The molecule has 1 aliphatic heterocycles. The Morgan fingerprint density at radius 2 is 2.00 bits per heavy atom. The van der Waals surface area contributed by atoms with E-state index in [9.17, 15) is 15.0 Å². The van der Waals surface area contributed by atoms with Crippen molar-refractivity contribution in [2.45, 2.75) is 32.7 Å². The van der Waals surface area contributed by atoms with Crippen molar-refractivity contribution in [3.05, 3.63) is 65.4 Å². The molecular weight excluding hydrogens is 406 g/mol. The molecule has 0 saturated carbocycles. The molecule has 7 nitrogen and oxygen atoms in total. The van der Waals surface area contributed by atoms with E-state index in [-0.39, 0.29) is 18.3 Å². The summed E-state index contributed by atoms with van der Waals surface area (Å²) in [5, 5.41) is 27.1. The molecule has 0 radical (unpaired) electrons. The van der Waals surface area contributed by atoms with Gasteiger partial charge in [0, 0.05) is 24.3 Å². The number of ether oxygens (including phenoxy) is 1. The van der Waals surface area contributed by atoms with Gasteiger partial charge in [-0.05, 0) is 48.6 Å². The number of fused-ring (bicyclic) bond motifs is 1. The number of aromatic amines is 1. The lowest BCUT2D eigenvalue weighted by Gasteiger charge is -2.26. The summed E-state index contributed by atoms with van der Waals surface area (Å²) in [6, 6.07) is 14.3. The highest BCUT2D eigenvalue weighted by atomic mass is 16.5. The number of aliphatic hydroxyl groups excluding tert-OH is 1. The molecule has 0 saturated heterocycles. The summed E-state index contributed by atoms with van der Waals surface area (Å²) in [4.78, 5) is 15.0. The third-order valence-corrected chi connectivity index (χ3v) is 5.72. The maximum absolute atomic E-state index is 13.2. The Morgan fingerprint density at radius 3 is 2.75 bits per heavy atom. The molecule has 32 heavy (non-hydrogen) atoms. The van der Waals surface area contributed by atoms with Gasteiger partial charge in [-0.15, -0.1) is 0 Å². The van der Waals surface area contributed by atoms with Crippen LogP contribution in [0.15, 0.2) is 48.5 Å². The fourth-order valence-corrected chi connectivity index (χ4v) is 4.08. The zero-order valence-electron chi connectivity index (χ0n) is 18.4. The van der Waals surface area contributed by atoms with E-state index in [0.717, 1.165) is 23.3 Å². The Balaban J connectivity index is 1.76. The van der Waals surface area contributed by atoms with Gasteiger partial charge in [0.2, 0.25) is 0 Å². The third-order valence-electron chi connectivity index (χ3n) is 5.72. The summed E-state index contributed by atoms with van der Waals surface area (Å²) in [5.41, 5.74) is 3.16. The maximum Gasteiger partial charge on any atom is 0.273 e. The number of aromatic nitrogens is 2. The number of rotatable bonds is 9. The topological polar surface area (TPSA) is 98.7 Å². The zero-order chi connectivity index (χ0) is 22.7. The van der Waals surface area contributed by atoms with Gasteiger partial charge in [0.1, 0.15) is 22.9 Å². The van der Waals surface area contributed by atoms with E-state index in [2.05, 4.69) is 24.0 Å². The number of H-pyrrole nitrogens is 1. The summed E-state index contributed by atoms with van der Waals surface area (Å²) in [7, 11) is 0. The van der Waals surface area contributed by atoms with Gasteiger partial charge in [-0.2, -0.15) is 5.10 Å². The highest BCUT2D eigenvalue weighted by molar-refractivity contribution is 6.00. The molecule has 1 atom stereocenters. The summed E-state index contributed by atoms with van der Waals surface area (Å²) in [6.45, 7) is 5.33. The van der Waals surface area contributed by atoms with Crippen LogP contribution in [-0.4, -0.2) is 51.0 Å².